The maximum atomic E-state index is 9.58. The minimum absolute atomic E-state index is 0.452. The first kappa shape index (κ1) is 17.0. The SMILES string of the molecule is CCCCCCCCCc1ccccc1O.CO. The van der Waals surface area contributed by atoms with E-state index in [1.165, 1.54) is 44.9 Å². The second-order valence-electron chi connectivity index (χ2n) is 4.50. The molecule has 0 amide bonds. The third kappa shape index (κ3) is 8.13. The highest BCUT2D eigenvalue weighted by Gasteiger charge is 1.98. The number of aryl methyl sites for hydroxylation is 1. The molecule has 0 saturated heterocycles. The minimum Gasteiger partial charge on any atom is -0.508 e. The van der Waals surface area contributed by atoms with Gasteiger partial charge in [0, 0.05) is 7.11 Å². The Labute approximate surface area is 112 Å². The van der Waals surface area contributed by atoms with E-state index < -0.39 is 0 Å². The van der Waals surface area contributed by atoms with Crippen LogP contribution in [0.15, 0.2) is 24.3 Å². The lowest BCUT2D eigenvalue weighted by Crippen LogP contribution is -1.87. The van der Waals surface area contributed by atoms with E-state index in [-0.39, 0.29) is 0 Å². The van der Waals surface area contributed by atoms with Crippen LogP contribution in [0.3, 0.4) is 0 Å². The van der Waals surface area contributed by atoms with Crippen LogP contribution in [0.25, 0.3) is 0 Å². The molecular formula is C16H28O2. The van der Waals surface area contributed by atoms with Gasteiger partial charge in [-0.15, -0.1) is 0 Å². The van der Waals surface area contributed by atoms with Crippen molar-refractivity contribution in [2.75, 3.05) is 7.11 Å². The number of aliphatic hydroxyl groups is 1. The third-order valence-corrected chi connectivity index (χ3v) is 3.04. The quantitative estimate of drug-likeness (QED) is 0.677. The molecule has 2 N–H and O–H groups in total. The third-order valence-electron chi connectivity index (χ3n) is 3.04. The molecule has 0 atom stereocenters. The van der Waals surface area contributed by atoms with Gasteiger partial charge in [0.2, 0.25) is 0 Å². The highest BCUT2D eigenvalue weighted by atomic mass is 16.3. The van der Waals surface area contributed by atoms with E-state index in [1.54, 1.807) is 6.07 Å². The van der Waals surface area contributed by atoms with Crippen LogP contribution in [0.5, 0.6) is 5.75 Å². The van der Waals surface area contributed by atoms with Crippen LogP contribution < -0.4 is 0 Å². The molecule has 0 heterocycles. The van der Waals surface area contributed by atoms with E-state index in [2.05, 4.69) is 6.92 Å². The standard InChI is InChI=1S/C15H24O.CH4O/c1-2-3-4-5-6-7-8-11-14-12-9-10-13-15(14)16;1-2/h9-10,12-13,16H,2-8,11H2,1H3;2H,1H3. The molecule has 1 aromatic rings. The molecule has 0 fully saturated rings. The average molecular weight is 252 g/mol. The number of para-hydroxylation sites is 1. The Morgan fingerprint density at radius 1 is 0.833 bits per heavy atom. The Morgan fingerprint density at radius 3 is 2.00 bits per heavy atom. The number of phenolic OH excluding ortho intramolecular Hbond substituents is 1. The van der Waals surface area contributed by atoms with Crippen LogP contribution in [0.4, 0.5) is 0 Å². The summed E-state index contributed by atoms with van der Waals surface area (Å²) in [6, 6.07) is 7.67. The predicted octanol–water partition coefficient (Wildman–Crippen LogP) is 4.29. The number of aliphatic hydroxyl groups excluding tert-OH is 1. The molecule has 0 unspecified atom stereocenters. The number of aromatic hydroxyl groups is 1. The lowest BCUT2D eigenvalue weighted by molar-refractivity contribution is 0.399. The van der Waals surface area contributed by atoms with E-state index in [0.717, 1.165) is 19.1 Å². The predicted molar refractivity (Wildman–Crippen MR) is 77.9 cm³/mol. The Morgan fingerprint density at radius 2 is 1.39 bits per heavy atom. The van der Waals surface area contributed by atoms with Crippen LogP contribution >= 0.6 is 0 Å². The molecule has 0 aliphatic rings. The van der Waals surface area contributed by atoms with Gasteiger partial charge in [0.1, 0.15) is 5.75 Å². The molecule has 0 aromatic heterocycles. The first-order chi connectivity index (χ1) is 8.84. The number of hydrogen-bond acceptors (Lipinski definition) is 2. The van der Waals surface area contributed by atoms with Crippen LogP contribution in [-0.4, -0.2) is 17.3 Å². The maximum Gasteiger partial charge on any atom is 0.118 e. The van der Waals surface area contributed by atoms with Gasteiger partial charge >= 0.3 is 0 Å². The number of hydrogen-bond donors (Lipinski definition) is 2. The second kappa shape index (κ2) is 12.4. The summed E-state index contributed by atoms with van der Waals surface area (Å²) in [5.41, 5.74) is 1.09. The smallest absolute Gasteiger partial charge is 0.118 e. The molecule has 0 bridgehead atoms. The summed E-state index contributed by atoms with van der Waals surface area (Å²) in [5.74, 6) is 0.452. The molecule has 0 aliphatic heterocycles. The summed E-state index contributed by atoms with van der Waals surface area (Å²) in [6.45, 7) is 2.25. The number of benzene rings is 1. The topological polar surface area (TPSA) is 40.5 Å². The first-order valence-corrected chi connectivity index (χ1v) is 7.06. The molecule has 0 aliphatic carbocycles. The largest absolute Gasteiger partial charge is 0.508 e. The van der Waals surface area contributed by atoms with Gasteiger partial charge in [0.15, 0.2) is 0 Å². The average Bonchev–Trinajstić information content (AvgIpc) is 2.42. The second-order valence-corrected chi connectivity index (χ2v) is 4.50. The Hall–Kier alpha value is -1.02. The van der Waals surface area contributed by atoms with E-state index in [0.29, 0.717) is 5.75 Å². The van der Waals surface area contributed by atoms with Gasteiger partial charge in [-0.2, -0.15) is 0 Å². The summed E-state index contributed by atoms with van der Waals surface area (Å²) in [5, 5.41) is 16.6. The molecule has 2 heteroatoms. The Kier molecular flexibility index (Phi) is 11.7. The van der Waals surface area contributed by atoms with E-state index >= 15 is 0 Å². The Balaban J connectivity index is 0.00000137. The van der Waals surface area contributed by atoms with Crippen LogP contribution in [0, 0.1) is 0 Å². The summed E-state index contributed by atoms with van der Waals surface area (Å²) in [6.07, 6.45) is 10.3. The van der Waals surface area contributed by atoms with Gasteiger partial charge in [-0.3, -0.25) is 0 Å². The van der Waals surface area contributed by atoms with Gasteiger partial charge in [-0.1, -0.05) is 63.6 Å². The molecular weight excluding hydrogens is 224 g/mol. The van der Waals surface area contributed by atoms with E-state index in [9.17, 15) is 5.11 Å². The first-order valence-electron chi connectivity index (χ1n) is 7.06. The molecule has 18 heavy (non-hydrogen) atoms. The normalized spacial score (nSPS) is 9.72. The molecule has 1 aromatic carbocycles. The van der Waals surface area contributed by atoms with Crippen molar-refractivity contribution in [3.8, 4) is 5.75 Å². The summed E-state index contributed by atoms with van der Waals surface area (Å²) >= 11 is 0. The fourth-order valence-corrected chi connectivity index (χ4v) is 1.99. The summed E-state index contributed by atoms with van der Waals surface area (Å²) in [7, 11) is 1.00. The number of phenols is 1. The molecule has 2 nitrogen and oxygen atoms in total. The summed E-state index contributed by atoms with van der Waals surface area (Å²) < 4.78 is 0. The monoisotopic (exact) mass is 252 g/mol. The molecule has 104 valence electrons. The van der Waals surface area contributed by atoms with Gasteiger partial charge < -0.3 is 10.2 Å². The molecule has 1 rings (SSSR count). The maximum absolute atomic E-state index is 9.58. The minimum atomic E-state index is 0.452. The number of unbranched alkanes of at least 4 members (excludes halogenated alkanes) is 6. The lowest BCUT2D eigenvalue weighted by Gasteiger charge is -2.04. The molecule has 0 spiro atoms. The van der Waals surface area contributed by atoms with Crippen molar-refractivity contribution in [3.63, 3.8) is 0 Å². The lowest BCUT2D eigenvalue weighted by atomic mass is 10.0. The fraction of sp³-hybridized carbons (Fsp3) is 0.625. The Bertz CT molecular complexity index is 284. The van der Waals surface area contributed by atoms with Crippen molar-refractivity contribution < 1.29 is 10.2 Å². The van der Waals surface area contributed by atoms with Gasteiger partial charge in [0.25, 0.3) is 0 Å². The van der Waals surface area contributed by atoms with Gasteiger partial charge in [-0.05, 0) is 24.5 Å². The van der Waals surface area contributed by atoms with Crippen molar-refractivity contribution in [1.82, 2.24) is 0 Å². The van der Waals surface area contributed by atoms with Crippen LogP contribution in [0.1, 0.15) is 57.4 Å². The summed E-state index contributed by atoms with van der Waals surface area (Å²) in [4.78, 5) is 0. The van der Waals surface area contributed by atoms with Crippen molar-refractivity contribution in [2.24, 2.45) is 0 Å². The van der Waals surface area contributed by atoms with Crippen molar-refractivity contribution in [2.45, 2.75) is 58.3 Å². The van der Waals surface area contributed by atoms with Gasteiger partial charge in [-0.25, -0.2) is 0 Å². The fourth-order valence-electron chi connectivity index (χ4n) is 1.99. The number of rotatable bonds is 8. The molecule has 0 radical (unpaired) electrons. The highest BCUT2D eigenvalue weighted by molar-refractivity contribution is 5.31. The van der Waals surface area contributed by atoms with Crippen molar-refractivity contribution >= 4 is 0 Å². The van der Waals surface area contributed by atoms with Gasteiger partial charge in [0.05, 0.1) is 0 Å². The highest BCUT2D eigenvalue weighted by Crippen LogP contribution is 2.18. The molecule has 0 saturated carbocycles. The zero-order valence-corrected chi connectivity index (χ0v) is 11.9. The van der Waals surface area contributed by atoms with Crippen molar-refractivity contribution in [1.29, 1.82) is 0 Å². The zero-order chi connectivity index (χ0) is 13.6. The van der Waals surface area contributed by atoms with Crippen molar-refractivity contribution in [3.05, 3.63) is 29.8 Å². The van der Waals surface area contributed by atoms with Crippen LogP contribution in [0.2, 0.25) is 0 Å². The zero-order valence-electron chi connectivity index (χ0n) is 11.9. The van der Waals surface area contributed by atoms with Crippen LogP contribution in [-0.2, 0) is 6.42 Å². The van der Waals surface area contributed by atoms with E-state index in [4.69, 9.17) is 5.11 Å². The van der Waals surface area contributed by atoms with E-state index in [1.807, 2.05) is 18.2 Å².